The highest BCUT2D eigenvalue weighted by molar-refractivity contribution is 5.70. The average Bonchev–Trinajstić information content (AvgIpc) is 3.27. The lowest BCUT2D eigenvalue weighted by molar-refractivity contribution is -0.0707. The Hall–Kier alpha value is -1.91. The Kier molecular flexibility index (Phi) is 7.52. The number of hydrogen-bond acceptors (Lipinski definition) is 4. The van der Waals surface area contributed by atoms with Crippen LogP contribution in [0.5, 0.6) is 5.75 Å². The molecule has 1 saturated carbocycles. The van der Waals surface area contributed by atoms with Crippen molar-refractivity contribution in [1.29, 1.82) is 0 Å². The predicted molar refractivity (Wildman–Crippen MR) is 131 cm³/mol. The standard InChI is InChI=1S/C28H40N2O2/c1-6-22-11-10-12-23(7-2)28(22)26-15-27(32-24-13-8-9-14-24)25(21(5)29-26)18-30-16-19(3)31-20(4)17-30/h10-12,15,19-20,24H,6-9,13-14,16-18H2,1-5H3/t19-,20-/m1/s1. The van der Waals surface area contributed by atoms with Gasteiger partial charge in [-0.05, 0) is 70.4 Å². The molecule has 0 radical (unpaired) electrons. The number of pyridine rings is 1. The first-order valence-corrected chi connectivity index (χ1v) is 12.6. The first-order chi connectivity index (χ1) is 15.5. The van der Waals surface area contributed by atoms with E-state index >= 15 is 0 Å². The van der Waals surface area contributed by atoms with E-state index in [-0.39, 0.29) is 12.2 Å². The molecule has 1 saturated heterocycles. The van der Waals surface area contributed by atoms with Gasteiger partial charge in [-0.2, -0.15) is 0 Å². The number of rotatable bonds is 7. The summed E-state index contributed by atoms with van der Waals surface area (Å²) in [6, 6.07) is 8.90. The van der Waals surface area contributed by atoms with Crippen molar-refractivity contribution in [2.45, 2.75) is 98.0 Å². The molecule has 1 aromatic heterocycles. The highest BCUT2D eigenvalue weighted by Gasteiger charge is 2.26. The van der Waals surface area contributed by atoms with Crippen LogP contribution in [0.25, 0.3) is 11.3 Å². The van der Waals surface area contributed by atoms with E-state index < -0.39 is 0 Å². The topological polar surface area (TPSA) is 34.6 Å². The summed E-state index contributed by atoms with van der Waals surface area (Å²) < 4.78 is 12.7. The van der Waals surface area contributed by atoms with Gasteiger partial charge in [0.15, 0.2) is 0 Å². The van der Waals surface area contributed by atoms with Crippen LogP contribution in [0.15, 0.2) is 24.3 Å². The minimum absolute atomic E-state index is 0.258. The maximum atomic E-state index is 6.69. The second-order valence-corrected chi connectivity index (χ2v) is 9.70. The Balaban J connectivity index is 1.74. The fourth-order valence-electron chi connectivity index (χ4n) is 5.49. The lowest BCUT2D eigenvalue weighted by Gasteiger charge is -2.36. The summed E-state index contributed by atoms with van der Waals surface area (Å²) in [6.45, 7) is 13.7. The van der Waals surface area contributed by atoms with Gasteiger partial charge in [0.25, 0.3) is 0 Å². The minimum atomic E-state index is 0.258. The number of ether oxygens (including phenoxy) is 2. The van der Waals surface area contributed by atoms with E-state index in [0.717, 1.165) is 62.5 Å². The van der Waals surface area contributed by atoms with E-state index in [1.807, 2.05) is 0 Å². The van der Waals surface area contributed by atoms with Crippen molar-refractivity contribution in [3.8, 4) is 17.0 Å². The summed E-state index contributed by atoms with van der Waals surface area (Å²) in [5, 5.41) is 0. The number of hydrogen-bond donors (Lipinski definition) is 0. The Bertz CT molecular complexity index is 888. The second kappa shape index (κ2) is 10.4. The Labute approximate surface area is 194 Å². The van der Waals surface area contributed by atoms with Crippen molar-refractivity contribution in [2.24, 2.45) is 0 Å². The zero-order valence-corrected chi connectivity index (χ0v) is 20.6. The van der Waals surface area contributed by atoms with Gasteiger partial charge in [0.05, 0.1) is 24.0 Å². The molecule has 2 fully saturated rings. The van der Waals surface area contributed by atoms with E-state index in [1.54, 1.807) is 0 Å². The van der Waals surface area contributed by atoms with Gasteiger partial charge in [-0.1, -0.05) is 32.0 Å². The maximum absolute atomic E-state index is 6.69. The minimum Gasteiger partial charge on any atom is -0.490 e. The molecule has 0 N–H and O–H groups in total. The molecule has 0 spiro atoms. The molecular formula is C28H40N2O2. The molecule has 2 atom stereocenters. The molecule has 0 bridgehead atoms. The molecule has 4 heteroatoms. The SMILES string of the molecule is CCc1cccc(CC)c1-c1cc(OC2CCCC2)c(CN2C[C@@H](C)O[C@H](C)C2)c(C)n1. The highest BCUT2D eigenvalue weighted by atomic mass is 16.5. The summed E-state index contributed by atoms with van der Waals surface area (Å²) >= 11 is 0. The monoisotopic (exact) mass is 436 g/mol. The van der Waals surface area contributed by atoms with Crippen molar-refractivity contribution in [3.05, 3.63) is 46.6 Å². The number of aryl methyl sites for hydroxylation is 3. The zero-order chi connectivity index (χ0) is 22.7. The molecule has 1 aliphatic heterocycles. The van der Waals surface area contributed by atoms with Crippen LogP contribution in [0.1, 0.15) is 75.8 Å². The van der Waals surface area contributed by atoms with Crippen LogP contribution in [-0.4, -0.2) is 41.3 Å². The van der Waals surface area contributed by atoms with Gasteiger partial charge in [0.2, 0.25) is 0 Å². The van der Waals surface area contributed by atoms with Gasteiger partial charge in [-0.3, -0.25) is 9.88 Å². The van der Waals surface area contributed by atoms with Crippen molar-refractivity contribution in [3.63, 3.8) is 0 Å². The van der Waals surface area contributed by atoms with Crippen LogP contribution >= 0.6 is 0 Å². The lowest BCUT2D eigenvalue weighted by Crippen LogP contribution is -2.45. The fourth-order valence-corrected chi connectivity index (χ4v) is 5.49. The van der Waals surface area contributed by atoms with Gasteiger partial charge in [-0.25, -0.2) is 0 Å². The number of morpholine rings is 1. The molecule has 4 rings (SSSR count). The normalized spacial score (nSPS) is 22.4. The molecule has 2 heterocycles. The molecule has 2 aromatic rings. The zero-order valence-electron chi connectivity index (χ0n) is 20.6. The summed E-state index contributed by atoms with van der Waals surface area (Å²) in [5.41, 5.74) is 7.44. The summed E-state index contributed by atoms with van der Waals surface area (Å²) in [4.78, 5) is 7.66. The molecule has 2 aliphatic rings. The molecule has 1 aliphatic carbocycles. The molecule has 32 heavy (non-hydrogen) atoms. The lowest BCUT2D eigenvalue weighted by atomic mass is 9.94. The largest absolute Gasteiger partial charge is 0.490 e. The Morgan fingerprint density at radius 1 is 1.03 bits per heavy atom. The van der Waals surface area contributed by atoms with E-state index in [1.165, 1.54) is 35.1 Å². The van der Waals surface area contributed by atoms with Crippen LogP contribution in [0.4, 0.5) is 0 Å². The van der Waals surface area contributed by atoms with E-state index in [2.05, 4.69) is 63.8 Å². The predicted octanol–water partition coefficient (Wildman–Crippen LogP) is 6.11. The molecule has 0 unspecified atom stereocenters. The molecule has 4 nitrogen and oxygen atoms in total. The van der Waals surface area contributed by atoms with Gasteiger partial charge in [0.1, 0.15) is 5.75 Å². The van der Waals surface area contributed by atoms with Crippen molar-refractivity contribution in [2.75, 3.05) is 13.1 Å². The first kappa shape index (κ1) is 23.3. The van der Waals surface area contributed by atoms with Crippen molar-refractivity contribution >= 4 is 0 Å². The molecule has 1 aromatic carbocycles. The smallest absolute Gasteiger partial charge is 0.128 e. The first-order valence-electron chi connectivity index (χ1n) is 12.6. The van der Waals surface area contributed by atoms with Crippen molar-refractivity contribution < 1.29 is 9.47 Å². The van der Waals surface area contributed by atoms with E-state index in [9.17, 15) is 0 Å². The Morgan fingerprint density at radius 2 is 1.66 bits per heavy atom. The molecule has 174 valence electrons. The van der Waals surface area contributed by atoms with E-state index in [0.29, 0.717) is 6.10 Å². The van der Waals surface area contributed by atoms with Crippen molar-refractivity contribution in [1.82, 2.24) is 9.88 Å². The Morgan fingerprint density at radius 3 is 2.25 bits per heavy atom. The number of aromatic nitrogens is 1. The molecule has 0 amide bonds. The van der Waals surface area contributed by atoms with Crippen LogP contribution in [0.2, 0.25) is 0 Å². The third-order valence-electron chi connectivity index (χ3n) is 7.02. The summed E-state index contributed by atoms with van der Waals surface area (Å²) in [7, 11) is 0. The summed E-state index contributed by atoms with van der Waals surface area (Å²) in [5.74, 6) is 1.04. The summed E-state index contributed by atoms with van der Waals surface area (Å²) in [6.07, 6.45) is 7.73. The highest BCUT2D eigenvalue weighted by Crippen LogP contribution is 2.35. The van der Waals surface area contributed by atoms with Gasteiger partial charge in [-0.15, -0.1) is 0 Å². The quantitative estimate of drug-likeness (QED) is 0.524. The number of nitrogens with zero attached hydrogens (tertiary/aromatic N) is 2. The molecular weight excluding hydrogens is 396 g/mol. The fraction of sp³-hybridized carbons (Fsp3) is 0.607. The van der Waals surface area contributed by atoms with Crippen LogP contribution in [0.3, 0.4) is 0 Å². The van der Waals surface area contributed by atoms with Gasteiger partial charge < -0.3 is 9.47 Å². The third-order valence-corrected chi connectivity index (χ3v) is 7.02. The van der Waals surface area contributed by atoms with Crippen LogP contribution in [0, 0.1) is 6.92 Å². The second-order valence-electron chi connectivity index (χ2n) is 9.70. The van der Waals surface area contributed by atoms with Gasteiger partial charge >= 0.3 is 0 Å². The maximum Gasteiger partial charge on any atom is 0.128 e. The van der Waals surface area contributed by atoms with Gasteiger partial charge in [0, 0.05) is 42.5 Å². The van der Waals surface area contributed by atoms with Crippen LogP contribution in [-0.2, 0) is 24.1 Å². The van der Waals surface area contributed by atoms with Crippen LogP contribution < -0.4 is 4.74 Å². The third kappa shape index (κ3) is 5.18. The average molecular weight is 437 g/mol. The number of benzene rings is 1. The van der Waals surface area contributed by atoms with E-state index in [4.69, 9.17) is 14.5 Å².